The quantitative estimate of drug-likeness (QED) is 0.865. The molecule has 1 heterocycles. The second-order valence-electron chi connectivity index (χ2n) is 3.76. The number of halogens is 3. The Hall–Kier alpha value is -1.75. The zero-order valence-corrected chi connectivity index (χ0v) is 10.9. The Morgan fingerprint density at radius 1 is 1.58 bits per heavy atom. The van der Waals surface area contributed by atoms with Gasteiger partial charge in [-0.05, 0) is 19.9 Å². The Morgan fingerprint density at radius 2 is 2.16 bits per heavy atom. The lowest BCUT2D eigenvalue weighted by atomic mass is 10.1. The summed E-state index contributed by atoms with van der Waals surface area (Å²) in [5.41, 5.74) is 3.52. The number of hydrogen-bond acceptors (Lipinski definition) is 4. The summed E-state index contributed by atoms with van der Waals surface area (Å²) < 4.78 is 38.4. The number of carbonyl (C=O) groups excluding carboxylic acids is 1. The highest BCUT2D eigenvalue weighted by atomic mass is 32.2. The first-order valence-corrected chi connectivity index (χ1v) is 5.99. The highest BCUT2D eigenvalue weighted by Crippen LogP contribution is 2.36. The third-order valence-electron chi connectivity index (χ3n) is 2.22. The van der Waals surface area contributed by atoms with Crippen LogP contribution in [0.5, 0.6) is 0 Å². The number of primary amides is 1. The SMILES string of the molecule is Cc1cc(C(F)(F)F)c(C#N)c(S[C@H](C)C(N)=O)n1. The predicted octanol–water partition coefficient (Wildman–Crippen LogP) is 2.25. The summed E-state index contributed by atoms with van der Waals surface area (Å²) in [6.07, 6.45) is -4.65. The Balaban J connectivity index is 3.37. The monoisotopic (exact) mass is 289 g/mol. The Bertz CT molecular complexity index is 551. The van der Waals surface area contributed by atoms with Crippen LogP contribution in [0.25, 0.3) is 0 Å². The van der Waals surface area contributed by atoms with Crippen molar-refractivity contribution in [2.75, 3.05) is 0 Å². The molecule has 0 aliphatic heterocycles. The summed E-state index contributed by atoms with van der Waals surface area (Å²) in [4.78, 5) is 14.8. The van der Waals surface area contributed by atoms with Crippen LogP contribution in [0.4, 0.5) is 13.2 Å². The van der Waals surface area contributed by atoms with Crippen LogP contribution in [0.1, 0.15) is 23.7 Å². The maximum absolute atomic E-state index is 12.8. The van der Waals surface area contributed by atoms with Crippen molar-refractivity contribution in [3.8, 4) is 6.07 Å². The maximum atomic E-state index is 12.8. The van der Waals surface area contributed by atoms with Crippen LogP contribution in [-0.2, 0) is 11.0 Å². The van der Waals surface area contributed by atoms with Crippen molar-refractivity contribution < 1.29 is 18.0 Å². The molecule has 1 amide bonds. The Labute approximate surface area is 111 Å². The minimum absolute atomic E-state index is 0.116. The number of nitriles is 1. The number of alkyl halides is 3. The molecule has 0 saturated carbocycles. The van der Waals surface area contributed by atoms with Gasteiger partial charge >= 0.3 is 6.18 Å². The molecule has 19 heavy (non-hydrogen) atoms. The first-order chi connectivity index (χ1) is 8.66. The normalized spacial score (nSPS) is 12.8. The van der Waals surface area contributed by atoms with Crippen LogP contribution >= 0.6 is 11.8 Å². The van der Waals surface area contributed by atoms with Crippen LogP contribution in [0, 0.1) is 18.3 Å². The topological polar surface area (TPSA) is 79.8 Å². The molecule has 1 aromatic heterocycles. The molecule has 0 radical (unpaired) electrons. The fraction of sp³-hybridized carbons (Fsp3) is 0.364. The second-order valence-corrected chi connectivity index (χ2v) is 5.09. The van der Waals surface area contributed by atoms with Crippen molar-refractivity contribution in [2.24, 2.45) is 5.73 Å². The van der Waals surface area contributed by atoms with E-state index < -0.39 is 28.5 Å². The summed E-state index contributed by atoms with van der Waals surface area (Å²) in [5, 5.41) is 7.97. The van der Waals surface area contributed by atoms with Crippen LogP contribution in [0.2, 0.25) is 0 Å². The van der Waals surface area contributed by atoms with E-state index in [1.54, 1.807) is 0 Å². The van der Waals surface area contributed by atoms with Gasteiger partial charge in [0.05, 0.1) is 16.4 Å². The fourth-order valence-electron chi connectivity index (χ4n) is 1.29. The average Bonchev–Trinajstić information content (AvgIpc) is 2.26. The summed E-state index contributed by atoms with van der Waals surface area (Å²) in [6.45, 7) is 2.82. The van der Waals surface area contributed by atoms with E-state index >= 15 is 0 Å². The molecular formula is C11H10F3N3OS. The van der Waals surface area contributed by atoms with Crippen LogP contribution in [-0.4, -0.2) is 16.1 Å². The molecule has 0 aliphatic carbocycles. The van der Waals surface area contributed by atoms with Gasteiger partial charge in [-0.25, -0.2) is 4.98 Å². The molecule has 8 heteroatoms. The largest absolute Gasteiger partial charge is 0.417 e. The van der Waals surface area contributed by atoms with Crippen molar-refractivity contribution in [3.05, 3.63) is 22.9 Å². The molecule has 102 valence electrons. The van der Waals surface area contributed by atoms with Gasteiger partial charge in [0.15, 0.2) is 0 Å². The van der Waals surface area contributed by atoms with Crippen molar-refractivity contribution in [2.45, 2.75) is 30.3 Å². The predicted molar refractivity (Wildman–Crippen MR) is 63.2 cm³/mol. The lowest BCUT2D eigenvalue weighted by molar-refractivity contribution is -0.138. The number of hydrogen-bond donors (Lipinski definition) is 1. The van der Waals surface area contributed by atoms with Crippen molar-refractivity contribution in [1.82, 2.24) is 4.98 Å². The standard InChI is InChI=1S/C11H10F3N3OS/c1-5-3-8(11(12,13)14)7(4-15)10(17-5)19-6(2)9(16)18/h3,6H,1-2H3,(H2,16,18)/t6-/m1/s1. The maximum Gasteiger partial charge on any atom is 0.417 e. The molecule has 0 unspecified atom stereocenters. The molecule has 0 saturated heterocycles. The van der Waals surface area contributed by atoms with Crippen LogP contribution < -0.4 is 5.73 Å². The van der Waals surface area contributed by atoms with E-state index in [4.69, 9.17) is 11.0 Å². The fourth-order valence-corrected chi connectivity index (χ4v) is 2.21. The van der Waals surface area contributed by atoms with Gasteiger partial charge in [0.25, 0.3) is 0 Å². The molecule has 1 atom stereocenters. The van der Waals surface area contributed by atoms with Crippen LogP contribution in [0.15, 0.2) is 11.1 Å². The second kappa shape index (κ2) is 5.48. The lowest BCUT2D eigenvalue weighted by Gasteiger charge is -2.14. The average molecular weight is 289 g/mol. The van der Waals surface area contributed by atoms with E-state index in [2.05, 4.69) is 4.98 Å². The summed E-state index contributed by atoms with van der Waals surface area (Å²) in [6, 6.07) is 2.29. The number of pyridine rings is 1. The zero-order chi connectivity index (χ0) is 14.8. The number of carbonyl (C=O) groups is 1. The van der Waals surface area contributed by atoms with E-state index in [0.717, 1.165) is 17.8 Å². The first kappa shape index (κ1) is 15.3. The molecule has 2 N–H and O–H groups in total. The number of nitrogens with zero attached hydrogens (tertiary/aromatic N) is 2. The minimum atomic E-state index is -4.65. The molecule has 0 spiro atoms. The highest BCUT2D eigenvalue weighted by Gasteiger charge is 2.36. The molecule has 0 aliphatic rings. The lowest BCUT2D eigenvalue weighted by Crippen LogP contribution is -2.23. The van der Waals surface area contributed by atoms with Gasteiger partial charge in [-0.2, -0.15) is 18.4 Å². The van der Waals surface area contributed by atoms with E-state index in [1.807, 2.05) is 0 Å². The van der Waals surface area contributed by atoms with E-state index in [9.17, 15) is 18.0 Å². The molecule has 1 aromatic rings. The number of nitrogens with two attached hydrogens (primary N) is 1. The van der Waals surface area contributed by atoms with Gasteiger partial charge in [-0.15, -0.1) is 0 Å². The molecule has 0 bridgehead atoms. The van der Waals surface area contributed by atoms with E-state index in [0.29, 0.717) is 0 Å². The van der Waals surface area contributed by atoms with Gasteiger partial charge < -0.3 is 5.73 Å². The minimum Gasteiger partial charge on any atom is -0.369 e. The summed E-state index contributed by atoms with van der Waals surface area (Å²) in [5.74, 6) is -0.689. The smallest absolute Gasteiger partial charge is 0.369 e. The van der Waals surface area contributed by atoms with Crippen molar-refractivity contribution >= 4 is 17.7 Å². The van der Waals surface area contributed by atoms with Crippen molar-refractivity contribution in [1.29, 1.82) is 5.26 Å². The number of rotatable bonds is 3. The Morgan fingerprint density at radius 3 is 2.58 bits per heavy atom. The zero-order valence-electron chi connectivity index (χ0n) is 10.1. The third kappa shape index (κ3) is 3.61. The molecule has 0 aromatic carbocycles. The van der Waals surface area contributed by atoms with Crippen molar-refractivity contribution in [3.63, 3.8) is 0 Å². The van der Waals surface area contributed by atoms with Gasteiger partial charge in [-0.1, -0.05) is 11.8 Å². The van der Waals surface area contributed by atoms with Gasteiger partial charge in [0.2, 0.25) is 5.91 Å². The Kier molecular flexibility index (Phi) is 4.42. The first-order valence-electron chi connectivity index (χ1n) is 5.11. The molecule has 1 rings (SSSR count). The third-order valence-corrected chi connectivity index (χ3v) is 3.33. The van der Waals surface area contributed by atoms with Gasteiger partial charge in [0, 0.05) is 5.69 Å². The number of aromatic nitrogens is 1. The number of aryl methyl sites for hydroxylation is 1. The molecule has 0 fully saturated rings. The van der Waals surface area contributed by atoms with Gasteiger partial charge in [-0.3, -0.25) is 4.79 Å². The van der Waals surface area contributed by atoms with E-state index in [-0.39, 0.29) is 10.7 Å². The van der Waals surface area contributed by atoms with Crippen LogP contribution in [0.3, 0.4) is 0 Å². The molecule has 4 nitrogen and oxygen atoms in total. The summed E-state index contributed by atoms with van der Waals surface area (Å²) in [7, 11) is 0. The number of thioether (sulfide) groups is 1. The molecular weight excluding hydrogens is 279 g/mol. The van der Waals surface area contributed by atoms with E-state index in [1.165, 1.54) is 19.9 Å². The summed E-state index contributed by atoms with van der Waals surface area (Å²) >= 11 is 0.739. The number of amides is 1. The van der Waals surface area contributed by atoms with Gasteiger partial charge in [0.1, 0.15) is 11.1 Å². The highest BCUT2D eigenvalue weighted by molar-refractivity contribution is 8.00.